The van der Waals surface area contributed by atoms with Gasteiger partial charge in [0.1, 0.15) is 5.82 Å². The second-order valence-electron chi connectivity index (χ2n) is 6.10. The normalized spacial score (nSPS) is 19.8. The predicted molar refractivity (Wildman–Crippen MR) is 83.2 cm³/mol. The summed E-state index contributed by atoms with van der Waals surface area (Å²) in [5.41, 5.74) is 1.08. The zero-order valence-corrected chi connectivity index (χ0v) is 12.9. The molecule has 1 saturated carbocycles. The van der Waals surface area contributed by atoms with Gasteiger partial charge in [0, 0.05) is 12.1 Å². The molecule has 1 aromatic carbocycles. The second kappa shape index (κ2) is 7.78. The Morgan fingerprint density at radius 1 is 1.15 bits per heavy atom. The van der Waals surface area contributed by atoms with Crippen molar-refractivity contribution in [3.63, 3.8) is 0 Å². The van der Waals surface area contributed by atoms with Gasteiger partial charge in [0.25, 0.3) is 0 Å². The third kappa shape index (κ3) is 4.05. The molecule has 0 amide bonds. The zero-order chi connectivity index (χ0) is 14.4. The highest BCUT2D eigenvalue weighted by Gasteiger charge is 2.24. The lowest BCUT2D eigenvalue weighted by Crippen LogP contribution is -2.39. The number of halogens is 1. The molecule has 20 heavy (non-hydrogen) atoms. The van der Waals surface area contributed by atoms with Crippen LogP contribution in [0.5, 0.6) is 0 Å². The van der Waals surface area contributed by atoms with Crippen LogP contribution in [0.15, 0.2) is 24.3 Å². The first kappa shape index (κ1) is 15.5. The minimum atomic E-state index is -0.131. The zero-order valence-electron chi connectivity index (χ0n) is 12.9. The van der Waals surface area contributed by atoms with Crippen molar-refractivity contribution in [1.29, 1.82) is 0 Å². The standard InChI is InChI=1S/C18H28FN/c1-3-17(14-9-6-5-7-10-14)20-18(4-2)15-11-8-12-16(19)13-15/h8,11-14,17-18,20H,3-7,9-10H2,1-2H3. The summed E-state index contributed by atoms with van der Waals surface area (Å²) in [5.74, 6) is 0.671. The number of rotatable bonds is 6. The molecular formula is C18H28FN. The molecule has 0 bridgehead atoms. The van der Waals surface area contributed by atoms with Gasteiger partial charge >= 0.3 is 0 Å². The summed E-state index contributed by atoms with van der Waals surface area (Å²) in [6.07, 6.45) is 9.02. The van der Waals surface area contributed by atoms with Crippen molar-refractivity contribution >= 4 is 0 Å². The third-order valence-corrected chi connectivity index (χ3v) is 4.73. The van der Waals surface area contributed by atoms with Gasteiger partial charge in [-0.1, -0.05) is 45.2 Å². The average molecular weight is 277 g/mol. The lowest BCUT2D eigenvalue weighted by molar-refractivity contribution is 0.243. The van der Waals surface area contributed by atoms with Gasteiger partial charge in [-0.3, -0.25) is 0 Å². The highest BCUT2D eigenvalue weighted by Crippen LogP contribution is 2.30. The Balaban J connectivity index is 2.03. The first-order chi connectivity index (χ1) is 9.74. The predicted octanol–water partition coefficient (Wildman–Crippen LogP) is 5.23. The number of nitrogens with one attached hydrogen (secondary N) is 1. The molecule has 0 spiro atoms. The van der Waals surface area contributed by atoms with Gasteiger partial charge in [0.05, 0.1) is 0 Å². The summed E-state index contributed by atoms with van der Waals surface area (Å²) < 4.78 is 13.4. The van der Waals surface area contributed by atoms with Crippen molar-refractivity contribution in [3.8, 4) is 0 Å². The quantitative estimate of drug-likeness (QED) is 0.751. The molecule has 1 fully saturated rings. The molecular weight excluding hydrogens is 249 g/mol. The lowest BCUT2D eigenvalue weighted by atomic mass is 9.82. The van der Waals surface area contributed by atoms with Crippen LogP contribution in [0.25, 0.3) is 0 Å². The van der Waals surface area contributed by atoms with Crippen molar-refractivity contribution in [2.45, 2.75) is 70.9 Å². The monoisotopic (exact) mass is 277 g/mol. The van der Waals surface area contributed by atoms with Crippen molar-refractivity contribution in [2.75, 3.05) is 0 Å². The topological polar surface area (TPSA) is 12.0 Å². The Morgan fingerprint density at radius 2 is 1.90 bits per heavy atom. The summed E-state index contributed by atoms with van der Waals surface area (Å²) in [6, 6.07) is 7.90. The van der Waals surface area contributed by atoms with Gasteiger partial charge in [0.2, 0.25) is 0 Å². The van der Waals surface area contributed by atoms with Crippen LogP contribution in [0.1, 0.15) is 70.4 Å². The van der Waals surface area contributed by atoms with Crippen LogP contribution < -0.4 is 5.32 Å². The molecule has 1 aromatic rings. The molecule has 2 unspecified atom stereocenters. The van der Waals surface area contributed by atoms with Crippen molar-refractivity contribution in [1.82, 2.24) is 5.32 Å². The fraction of sp³-hybridized carbons (Fsp3) is 0.667. The van der Waals surface area contributed by atoms with Gasteiger partial charge < -0.3 is 5.32 Å². The van der Waals surface area contributed by atoms with Crippen LogP contribution in [0.4, 0.5) is 4.39 Å². The lowest BCUT2D eigenvalue weighted by Gasteiger charge is -2.33. The molecule has 1 N–H and O–H groups in total. The van der Waals surface area contributed by atoms with E-state index in [1.165, 1.54) is 38.2 Å². The third-order valence-electron chi connectivity index (χ3n) is 4.73. The maximum atomic E-state index is 13.4. The van der Waals surface area contributed by atoms with E-state index in [9.17, 15) is 4.39 Å². The summed E-state index contributed by atoms with van der Waals surface area (Å²) in [4.78, 5) is 0. The number of hydrogen-bond acceptors (Lipinski definition) is 1. The van der Waals surface area contributed by atoms with E-state index in [2.05, 4.69) is 19.2 Å². The molecule has 1 aliphatic rings. The fourth-order valence-corrected chi connectivity index (χ4v) is 3.56. The highest BCUT2D eigenvalue weighted by atomic mass is 19.1. The van der Waals surface area contributed by atoms with Gasteiger partial charge in [-0.2, -0.15) is 0 Å². The van der Waals surface area contributed by atoms with E-state index in [4.69, 9.17) is 0 Å². The maximum Gasteiger partial charge on any atom is 0.123 e. The van der Waals surface area contributed by atoms with Crippen molar-refractivity contribution in [2.24, 2.45) is 5.92 Å². The molecule has 2 rings (SSSR count). The van der Waals surface area contributed by atoms with E-state index >= 15 is 0 Å². The largest absolute Gasteiger partial charge is 0.307 e. The Labute approximate surface area is 123 Å². The molecule has 0 saturated heterocycles. The van der Waals surface area contributed by atoms with E-state index in [0.717, 1.165) is 24.3 Å². The van der Waals surface area contributed by atoms with E-state index in [1.54, 1.807) is 6.07 Å². The first-order valence-electron chi connectivity index (χ1n) is 8.26. The van der Waals surface area contributed by atoms with Crippen molar-refractivity contribution < 1.29 is 4.39 Å². The van der Waals surface area contributed by atoms with Crippen LogP contribution in [0.3, 0.4) is 0 Å². The van der Waals surface area contributed by atoms with E-state index in [1.807, 2.05) is 12.1 Å². The maximum absolute atomic E-state index is 13.4. The molecule has 2 heteroatoms. The Kier molecular flexibility index (Phi) is 6.03. The van der Waals surface area contributed by atoms with Gasteiger partial charge in [0.15, 0.2) is 0 Å². The molecule has 2 atom stereocenters. The van der Waals surface area contributed by atoms with Gasteiger partial charge in [-0.05, 0) is 49.3 Å². The molecule has 112 valence electrons. The summed E-state index contributed by atoms with van der Waals surface area (Å²) in [7, 11) is 0. The second-order valence-corrected chi connectivity index (χ2v) is 6.10. The van der Waals surface area contributed by atoms with Crippen LogP contribution >= 0.6 is 0 Å². The number of hydrogen-bond donors (Lipinski definition) is 1. The van der Waals surface area contributed by atoms with Crippen LogP contribution in [0.2, 0.25) is 0 Å². The summed E-state index contributed by atoms with van der Waals surface area (Å²) >= 11 is 0. The highest BCUT2D eigenvalue weighted by molar-refractivity contribution is 5.20. The SMILES string of the molecule is CCC(NC(CC)C1CCCCC1)c1cccc(F)c1. The summed E-state index contributed by atoms with van der Waals surface area (Å²) in [5, 5.41) is 3.80. The Hall–Kier alpha value is -0.890. The van der Waals surface area contributed by atoms with Crippen molar-refractivity contribution in [3.05, 3.63) is 35.6 Å². The molecule has 0 aromatic heterocycles. The van der Waals surface area contributed by atoms with Crippen LogP contribution in [0, 0.1) is 11.7 Å². The van der Waals surface area contributed by atoms with Gasteiger partial charge in [-0.15, -0.1) is 0 Å². The smallest absolute Gasteiger partial charge is 0.123 e. The minimum absolute atomic E-state index is 0.131. The first-order valence-corrected chi connectivity index (χ1v) is 8.26. The minimum Gasteiger partial charge on any atom is -0.307 e. The molecule has 1 nitrogen and oxygen atoms in total. The van der Waals surface area contributed by atoms with Crippen LogP contribution in [-0.4, -0.2) is 6.04 Å². The van der Waals surface area contributed by atoms with E-state index < -0.39 is 0 Å². The van der Waals surface area contributed by atoms with E-state index in [0.29, 0.717) is 6.04 Å². The molecule has 0 radical (unpaired) electrons. The Bertz CT molecular complexity index is 398. The number of benzene rings is 1. The average Bonchev–Trinajstić information content (AvgIpc) is 2.49. The van der Waals surface area contributed by atoms with Gasteiger partial charge in [-0.25, -0.2) is 4.39 Å². The van der Waals surface area contributed by atoms with Crippen LogP contribution in [-0.2, 0) is 0 Å². The van der Waals surface area contributed by atoms with E-state index in [-0.39, 0.29) is 11.9 Å². The summed E-state index contributed by atoms with van der Waals surface area (Å²) in [6.45, 7) is 4.45. The fourth-order valence-electron chi connectivity index (χ4n) is 3.56. The Morgan fingerprint density at radius 3 is 2.50 bits per heavy atom. The molecule has 0 aliphatic heterocycles. The molecule has 1 aliphatic carbocycles. The molecule has 0 heterocycles.